The summed E-state index contributed by atoms with van der Waals surface area (Å²) in [5, 5.41) is 2.80. The molecule has 5 heteroatoms. The highest BCUT2D eigenvalue weighted by molar-refractivity contribution is 5.77. The van der Waals surface area contributed by atoms with E-state index in [2.05, 4.69) is 5.32 Å². The molecule has 0 aromatic heterocycles. The van der Waals surface area contributed by atoms with E-state index in [0.29, 0.717) is 18.0 Å². The van der Waals surface area contributed by atoms with Gasteiger partial charge in [-0.15, -0.1) is 0 Å². The Bertz CT molecular complexity index is 408. The van der Waals surface area contributed by atoms with Gasteiger partial charge in [-0.25, -0.2) is 0 Å². The molecule has 0 bridgehead atoms. The molecule has 0 aliphatic carbocycles. The molecular formula is C15H24N2O3. The van der Waals surface area contributed by atoms with Crippen LogP contribution in [0.25, 0.3) is 0 Å². The average Bonchev–Trinajstić information content (AvgIpc) is 2.41. The molecule has 112 valence electrons. The normalized spacial score (nSPS) is 10.6. The van der Waals surface area contributed by atoms with Crippen molar-refractivity contribution < 1.29 is 14.3 Å². The van der Waals surface area contributed by atoms with E-state index in [4.69, 9.17) is 15.2 Å². The first-order valence-electron chi connectivity index (χ1n) is 6.95. The van der Waals surface area contributed by atoms with E-state index in [-0.39, 0.29) is 18.6 Å². The number of nitrogens with two attached hydrogens (primary N) is 1. The number of hydrogen-bond donors (Lipinski definition) is 2. The minimum atomic E-state index is -0.141. The first kappa shape index (κ1) is 16.3. The maximum Gasteiger partial charge on any atom is 0.257 e. The predicted molar refractivity (Wildman–Crippen MR) is 79.7 cm³/mol. The Morgan fingerprint density at radius 2 is 2.05 bits per heavy atom. The van der Waals surface area contributed by atoms with E-state index in [1.807, 2.05) is 26.0 Å². The van der Waals surface area contributed by atoms with Crippen LogP contribution < -0.4 is 15.8 Å². The maximum absolute atomic E-state index is 11.6. The molecule has 0 saturated carbocycles. The van der Waals surface area contributed by atoms with Gasteiger partial charge in [0.25, 0.3) is 5.91 Å². The van der Waals surface area contributed by atoms with Gasteiger partial charge in [-0.2, -0.15) is 0 Å². The Balaban J connectivity index is 2.08. The van der Waals surface area contributed by atoms with Gasteiger partial charge in [-0.3, -0.25) is 4.79 Å². The molecule has 5 nitrogen and oxygen atoms in total. The smallest absolute Gasteiger partial charge is 0.257 e. The molecule has 3 N–H and O–H groups in total. The van der Waals surface area contributed by atoms with E-state index in [1.54, 1.807) is 12.1 Å². The lowest BCUT2D eigenvalue weighted by Crippen LogP contribution is -2.30. The van der Waals surface area contributed by atoms with Crippen LogP contribution in [-0.4, -0.2) is 31.8 Å². The number of ether oxygens (including phenoxy) is 2. The number of para-hydroxylation sites is 2. The fourth-order valence-corrected chi connectivity index (χ4v) is 1.58. The SMILES string of the molecule is CC(C)OCCCCNC(=O)COc1ccccc1N. The van der Waals surface area contributed by atoms with Gasteiger partial charge in [0.05, 0.1) is 11.8 Å². The van der Waals surface area contributed by atoms with Gasteiger partial charge in [0.1, 0.15) is 5.75 Å². The highest BCUT2D eigenvalue weighted by Crippen LogP contribution is 2.19. The summed E-state index contributed by atoms with van der Waals surface area (Å²) in [6.45, 7) is 5.36. The summed E-state index contributed by atoms with van der Waals surface area (Å²) in [6.07, 6.45) is 2.09. The number of anilines is 1. The Morgan fingerprint density at radius 3 is 2.75 bits per heavy atom. The zero-order valence-electron chi connectivity index (χ0n) is 12.2. The van der Waals surface area contributed by atoms with Crippen LogP contribution in [-0.2, 0) is 9.53 Å². The fraction of sp³-hybridized carbons (Fsp3) is 0.533. The quantitative estimate of drug-likeness (QED) is 0.536. The third-order valence-corrected chi connectivity index (χ3v) is 2.62. The summed E-state index contributed by atoms with van der Waals surface area (Å²) in [5.74, 6) is 0.394. The molecule has 0 fully saturated rings. The number of carbonyl (C=O) groups is 1. The fourth-order valence-electron chi connectivity index (χ4n) is 1.58. The van der Waals surface area contributed by atoms with Crippen molar-refractivity contribution in [2.75, 3.05) is 25.5 Å². The van der Waals surface area contributed by atoms with E-state index >= 15 is 0 Å². The number of unbranched alkanes of at least 4 members (excludes halogenated alkanes) is 1. The van der Waals surface area contributed by atoms with Crippen molar-refractivity contribution >= 4 is 11.6 Å². The van der Waals surface area contributed by atoms with Crippen molar-refractivity contribution in [3.05, 3.63) is 24.3 Å². The lowest BCUT2D eigenvalue weighted by molar-refractivity contribution is -0.123. The standard InChI is InChI=1S/C15H24N2O3/c1-12(2)19-10-6-5-9-17-15(18)11-20-14-8-4-3-7-13(14)16/h3-4,7-8,12H,5-6,9-11,16H2,1-2H3,(H,17,18). The Kier molecular flexibility index (Phi) is 7.50. The maximum atomic E-state index is 11.6. The van der Waals surface area contributed by atoms with Crippen molar-refractivity contribution in [1.29, 1.82) is 0 Å². The molecule has 0 saturated heterocycles. The molecule has 0 aliphatic rings. The molecule has 1 amide bonds. The number of nitrogen functional groups attached to an aromatic ring is 1. The number of hydrogen-bond acceptors (Lipinski definition) is 4. The minimum Gasteiger partial charge on any atom is -0.482 e. The predicted octanol–water partition coefficient (Wildman–Crippen LogP) is 1.97. The van der Waals surface area contributed by atoms with E-state index in [0.717, 1.165) is 19.4 Å². The number of carbonyl (C=O) groups excluding carboxylic acids is 1. The second-order valence-corrected chi connectivity index (χ2v) is 4.80. The van der Waals surface area contributed by atoms with Crippen molar-refractivity contribution in [1.82, 2.24) is 5.32 Å². The third-order valence-electron chi connectivity index (χ3n) is 2.62. The summed E-state index contributed by atoms with van der Waals surface area (Å²) in [6, 6.07) is 7.12. The molecule has 0 heterocycles. The molecule has 1 aromatic rings. The zero-order chi connectivity index (χ0) is 14.8. The van der Waals surface area contributed by atoms with Gasteiger partial charge >= 0.3 is 0 Å². The zero-order valence-corrected chi connectivity index (χ0v) is 12.2. The molecule has 0 spiro atoms. The Labute approximate surface area is 120 Å². The summed E-state index contributed by atoms with van der Waals surface area (Å²) in [4.78, 5) is 11.6. The lowest BCUT2D eigenvalue weighted by Gasteiger charge is -2.09. The number of rotatable bonds is 9. The molecular weight excluding hydrogens is 256 g/mol. The van der Waals surface area contributed by atoms with Crippen LogP contribution in [0.15, 0.2) is 24.3 Å². The highest BCUT2D eigenvalue weighted by Gasteiger charge is 2.04. The first-order chi connectivity index (χ1) is 9.59. The van der Waals surface area contributed by atoms with Gasteiger partial charge < -0.3 is 20.5 Å². The number of nitrogens with one attached hydrogen (secondary N) is 1. The Morgan fingerprint density at radius 1 is 1.30 bits per heavy atom. The van der Waals surface area contributed by atoms with Crippen LogP contribution in [0.4, 0.5) is 5.69 Å². The summed E-state index contributed by atoms with van der Waals surface area (Å²) in [7, 11) is 0. The van der Waals surface area contributed by atoms with Crippen molar-refractivity contribution in [3.63, 3.8) is 0 Å². The molecule has 20 heavy (non-hydrogen) atoms. The largest absolute Gasteiger partial charge is 0.482 e. The van der Waals surface area contributed by atoms with Crippen LogP contribution in [0, 0.1) is 0 Å². The highest BCUT2D eigenvalue weighted by atomic mass is 16.5. The van der Waals surface area contributed by atoms with Gasteiger partial charge in [0.2, 0.25) is 0 Å². The van der Waals surface area contributed by atoms with E-state index < -0.39 is 0 Å². The van der Waals surface area contributed by atoms with Crippen molar-refractivity contribution in [2.24, 2.45) is 0 Å². The van der Waals surface area contributed by atoms with Gasteiger partial charge in [-0.1, -0.05) is 12.1 Å². The second kappa shape index (κ2) is 9.20. The van der Waals surface area contributed by atoms with Crippen molar-refractivity contribution in [3.8, 4) is 5.75 Å². The number of benzene rings is 1. The topological polar surface area (TPSA) is 73.6 Å². The molecule has 0 aliphatic heterocycles. The molecule has 0 radical (unpaired) electrons. The summed E-state index contributed by atoms with van der Waals surface area (Å²) < 4.78 is 10.8. The van der Waals surface area contributed by atoms with Crippen LogP contribution in [0.5, 0.6) is 5.75 Å². The molecule has 0 atom stereocenters. The summed E-state index contributed by atoms with van der Waals surface area (Å²) >= 11 is 0. The van der Waals surface area contributed by atoms with Crippen LogP contribution in [0.2, 0.25) is 0 Å². The molecule has 0 unspecified atom stereocenters. The van der Waals surface area contributed by atoms with Crippen LogP contribution in [0.3, 0.4) is 0 Å². The van der Waals surface area contributed by atoms with Crippen LogP contribution in [0.1, 0.15) is 26.7 Å². The monoisotopic (exact) mass is 280 g/mol. The summed E-state index contributed by atoms with van der Waals surface area (Å²) in [5.41, 5.74) is 6.25. The number of amides is 1. The molecule has 1 aromatic carbocycles. The Hall–Kier alpha value is -1.75. The second-order valence-electron chi connectivity index (χ2n) is 4.80. The molecule has 1 rings (SSSR count). The van der Waals surface area contributed by atoms with Gasteiger partial charge in [-0.05, 0) is 38.8 Å². The first-order valence-corrected chi connectivity index (χ1v) is 6.95. The lowest BCUT2D eigenvalue weighted by atomic mass is 10.3. The third kappa shape index (κ3) is 6.99. The van der Waals surface area contributed by atoms with E-state index in [9.17, 15) is 4.79 Å². The van der Waals surface area contributed by atoms with E-state index in [1.165, 1.54) is 0 Å². The van der Waals surface area contributed by atoms with Crippen LogP contribution >= 0.6 is 0 Å². The average molecular weight is 280 g/mol. The van der Waals surface area contributed by atoms with Crippen molar-refractivity contribution in [2.45, 2.75) is 32.8 Å². The van der Waals surface area contributed by atoms with Gasteiger partial charge in [0.15, 0.2) is 6.61 Å². The minimum absolute atomic E-state index is 0.0172. The van der Waals surface area contributed by atoms with Gasteiger partial charge in [0, 0.05) is 13.2 Å².